The van der Waals surface area contributed by atoms with Crippen molar-refractivity contribution in [2.45, 2.75) is 25.9 Å². The first-order chi connectivity index (χ1) is 7.15. The molecular weight excluding hydrogens is 288 g/mol. The van der Waals surface area contributed by atoms with Crippen molar-refractivity contribution >= 4 is 28.3 Å². The minimum absolute atomic E-state index is 0. The summed E-state index contributed by atoms with van der Waals surface area (Å²) in [6.45, 7) is 5.27. The Hall–Kier alpha value is -0.0900. The highest BCUT2D eigenvalue weighted by molar-refractivity contribution is 9.10. The molecule has 2 rings (SSSR count). The predicted molar refractivity (Wildman–Crippen MR) is 74.0 cm³/mol. The fourth-order valence-corrected chi connectivity index (χ4v) is 2.65. The van der Waals surface area contributed by atoms with E-state index in [2.05, 4.69) is 46.0 Å². The summed E-state index contributed by atoms with van der Waals surface area (Å²) in [5.41, 5.74) is 8.54. The number of rotatable bonds is 2. The molecule has 90 valence electrons. The van der Waals surface area contributed by atoms with Gasteiger partial charge in [0.2, 0.25) is 0 Å². The van der Waals surface area contributed by atoms with Gasteiger partial charge in [0.1, 0.15) is 0 Å². The van der Waals surface area contributed by atoms with Crippen molar-refractivity contribution in [2.75, 3.05) is 13.1 Å². The van der Waals surface area contributed by atoms with Crippen LogP contribution in [0.4, 0.5) is 0 Å². The molecule has 2 N–H and O–H groups in total. The monoisotopic (exact) mass is 304 g/mol. The quantitative estimate of drug-likeness (QED) is 0.910. The van der Waals surface area contributed by atoms with Crippen LogP contribution in [0.15, 0.2) is 22.7 Å². The second-order valence-corrected chi connectivity index (χ2v) is 5.23. The lowest BCUT2D eigenvalue weighted by atomic mass is 10.1. The summed E-state index contributed by atoms with van der Waals surface area (Å²) in [5.74, 6) is 0. The number of nitrogens with two attached hydrogens (primary N) is 1. The maximum absolute atomic E-state index is 5.89. The third-order valence-corrected chi connectivity index (χ3v) is 3.65. The first kappa shape index (κ1) is 14.0. The topological polar surface area (TPSA) is 29.3 Å². The molecule has 16 heavy (non-hydrogen) atoms. The molecule has 1 aromatic carbocycles. The van der Waals surface area contributed by atoms with Crippen LogP contribution in [0.2, 0.25) is 0 Å². The number of nitrogens with zero attached hydrogens (tertiary/aromatic N) is 1. The smallest absolute Gasteiger partial charge is 0.0245 e. The Morgan fingerprint density at radius 2 is 2.25 bits per heavy atom. The lowest BCUT2D eigenvalue weighted by Gasteiger charge is -2.16. The van der Waals surface area contributed by atoms with Gasteiger partial charge in [-0.25, -0.2) is 0 Å². The summed E-state index contributed by atoms with van der Waals surface area (Å²) in [6.07, 6.45) is 1.13. The minimum atomic E-state index is 0. The summed E-state index contributed by atoms with van der Waals surface area (Å²) in [7, 11) is 0. The Balaban J connectivity index is 0.00000128. The molecule has 0 aromatic heterocycles. The lowest BCUT2D eigenvalue weighted by molar-refractivity contribution is 0.326. The molecule has 0 aliphatic carbocycles. The minimum Gasteiger partial charge on any atom is -0.326 e. The molecule has 1 aliphatic rings. The highest BCUT2D eigenvalue weighted by atomic mass is 79.9. The third kappa shape index (κ3) is 3.45. The summed E-state index contributed by atoms with van der Waals surface area (Å²) >= 11 is 3.61. The normalized spacial score (nSPS) is 20.8. The van der Waals surface area contributed by atoms with Crippen LogP contribution in [0, 0.1) is 6.92 Å². The first-order valence-electron chi connectivity index (χ1n) is 5.38. The Kier molecular flexibility index (Phi) is 5.25. The van der Waals surface area contributed by atoms with Crippen LogP contribution in [0.25, 0.3) is 0 Å². The summed E-state index contributed by atoms with van der Waals surface area (Å²) < 4.78 is 1.21. The van der Waals surface area contributed by atoms with Gasteiger partial charge in [0.05, 0.1) is 0 Å². The summed E-state index contributed by atoms with van der Waals surface area (Å²) in [5, 5.41) is 0. The average Bonchev–Trinajstić information content (AvgIpc) is 2.56. The fraction of sp³-hybridized carbons (Fsp3) is 0.500. The molecule has 1 heterocycles. The number of hydrogen-bond donors (Lipinski definition) is 1. The van der Waals surface area contributed by atoms with E-state index in [1.54, 1.807) is 0 Å². The van der Waals surface area contributed by atoms with E-state index >= 15 is 0 Å². The molecule has 1 fully saturated rings. The molecule has 0 amide bonds. The maximum atomic E-state index is 5.89. The van der Waals surface area contributed by atoms with E-state index in [1.807, 2.05) is 0 Å². The molecule has 1 atom stereocenters. The number of halogens is 2. The predicted octanol–water partition coefficient (Wildman–Crippen LogP) is 2.71. The standard InChI is InChI=1S/C12H17BrN2.ClH/c1-9-2-3-10(12(13)6-9)7-15-5-4-11(14)8-15;/h2-3,6,11H,4-5,7-8,14H2,1H3;1H/t11-;/m1./s1. The van der Waals surface area contributed by atoms with Crippen LogP contribution >= 0.6 is 28.3 Å². The van der Waals surface area contributed by atoms with Crippen molar-refractivity contribution in [1.29, 1.82) is 0 Å². The van der Waals surface area contributed by atoms with Crippen molar-refractivity contribution < 1.29 is 0 Å². The van der Waals surface area contributed by atoms with Crippen molar-refractivity contribution in [3.05, 3.63) is 33.8 Å². The van der Waals surface area contributed by atoms with Crippen LogP contribution in [-0.2, 0) is 6.54 Å². The second-order valence-electron chi connectivity index (χ2n) is 4.38. The van der Waals surface area contributed by atoms with Crippen LogP contribution < -0.4 is 5.73 Å². The molecule has 1 saturated heterocycles. The number of benzene rings is 1. The van der Waals surface area contributed by atoms with Crippen molar-refractivity contribution in [1.82, 2.24) is 4.90 Å². The van der Waals surface area contributed by atoms with Crippen LogP contribution in [-0.4, -0.2) is 24.0 Å². The largest absolute Gasteiger partial charge is 0.326 e. The van der Waals surface area contributed by atoms with E-state index in [1.165, 1.54) is 15.6 Å². The van der Waals surface area contributed by atoms with Gasteiger partial charge in [-0.15, -0.1) is 12.4 Å². The van der Waals surface area contributed by atoms with E-state index < -0.39 is 0 Å². The van der Waals surface area contributed by atoms with E-state index in [0.717, 1.165) is 26.1 Å². The number of likely N-dealkylation sites (tertiary alicyclic amines) is 1. The van der Waals surface area contributed by atoms with Gasteiger partial charge >= 0.3 is 0 Å². The van der Waals surface area contributed by atoms with Gasteiger partial charge in [-0.1, -0.05) is 28.1 Å². The summed E-state index contributed by atoms with van der Waals surface area (Å²) in [6, 6.07) is 6.90. The van der Waals surface area contributed by atoms with Gasteiger partial charge in [-0.2, -0.15) is 0 Å². The zero-order chi connectivity index (χ0) is 10.8. The van der Waals surface area contributed by atoms with Crippen LogP contribution in [0.1, 0.15) is 17.5 Å². The molecule has 0 bridgehead atoms. The highest BCUT2D eigenvalue weighted by Crippen LogP contribution is 2.21. The Bertz CT molecular complexity index is 357. The zero-order valence-electron chi connectivity index (χ0n) is 9.45. The van der Waals surface area contributed by atoms with E-state index in [-0.39, 0.29) is 12.4 Å². The van der Waals surface area contributed by atoms with Gasteiger partial charge in [0.15, 0.2) is 0 Å². The molecule has 1 aliphatic heterocycles. The number of hydrogen-bond acceptors (Lipinski definition) is 2. The molecule has 1 aromatic rings. The maximum Gasteiger partial charge on any atom is 0.0245 e. The Labute approximate surface area is 112 Å². The number of aryl methyl sites for hydroxylation is 1. The average molecular weight is 306 g/mol. The van der Waals surface area contributed by atoms with Gasteiger partial charge < -0.3 is 5.73 Å². The SMILES string of the molecule is Cc1ccc(CN2CC[C@@H](N)C2)c(Br)c1.Cl. The lowest BCUT2D eigenvalue weighted by Crippen LogP contribution is -2.26. The van der Waals surface area contributed by atoms with E-state index in [9.17, 15) is 0 Å². The molecule has 0 saturated carbocycles. The second kappa shape index (κ2) is 6.01. The highest BCUT2D eigenvalue weighted by Gasteiger charge is 2.19. The summed E-state index contributed by atoms with van der Waals surface area (Å²) in [4.78, 5) is 2.42. The molecular formula is C12H18BrClN2. The Morgan fingerprint density at radius 3 is 2.81 bits per heavy atom. The van der Waals surface area contributed by atoms with Crippen molar-refractivity contribution in [3.63, 3.8) is 0 Å². The molecule has 2 nitrogen and oxygen atoms in total. The van der Waals surface area contributed by atoms with Crippen LogP contribution in [0.5, 0.6) is 0 Å². The van der Waals surface area contributed by atoms with E-state index in [0.29, 0.717) is 6.04 Å². The van der Waals surface area contributed by atoms with Crippen LogP contribution in [0.3, 0.4) is 0 Å². The Morgan fingerprint density at radius 1 is 1.50 bits per heavy atom. The zero-order valence-corrected chi connectivity index (χ0v) is 11.9. The van der Waals surface area contributed by atoms with Gasteiger partial charge in [0.25, 0.3) is 0 Å². The van der Waals surface area contributed by atoms with Gasteiger partial charge in [-0.3, -0.25) is 4.90 Å². The molecule has 4 heteroatoms. The van der Waals surface area contributed by atoms with Crippen molar-refractivity contribution in [3.8, 4) is 0 Å². The van der Waals surface area contributed by atoms with Crippen molar-refractivity contribution in [2.24, 2.45) is 5.73 Å². The fourth-order valence-electron chi connectivity index (χ4n) is 2.03. The molecule has 0 radical (unpaired) electrons. The first-order valence-corrected chi connectivity index (χ1v) is 6.17. The van der Waals surface area contributed by atoms with Gasteiger partial charge in [-0.05, 0) is 30.5 Å². The molecule has 0 spiro atoms. The third-order valence-electron chi connectivity index (χ3n) is 2.91. The molecule has 0 unspecified atom stereocenters. The van der Waals surface area contributed by atoms with Gasteiger partial charge in [0, 0.05) is 30.1 Å². The van der Waals surface area contributed by atoms with E-state index in [4.69, 9.17) is 5.73 Å².